The summed E-state index contributed by atoms with van der Waals surface area (Å²) in [6.07, 6.45) is 0.285. The highest BCUT2D eigenvalue weighted by Crippen LogP contribution is 2.45. The van der Waals surface area contributed by atoms with Crippen molar-refractivity contribution in [2.45, 2.75) is 47.5 Å². The van der Waals surface area contributed by atoms with Crippen molar-refractivity contribution >= 4 is 23.7 Å². The number of aliphatic carboxylic acids is 1. The highest BCUT2D eigenvalue weighted by Gasteiger charge is 2.57. The summed E-state index contributed by atoms with van der Waals surface area (Å²) in [6, 6.07) is 0. The zero-order valence-electron chi connectivity index (χ0n) is 13.1. The van der Waals surface area contributed by atoms with E-state index in [0.717, 1.165) is 0 Å². The van der Waals surface area contributed by atoms with Gasteiger partial charge in [0.15, 0.2) is 0 Å². The van der Waals surface area contributed by atoms with Crippen molar-refractivity contribution < 1.29 is 29.0 Å². The van der Waals surface area contributed by atoms with Crippen molar-refractivity contribution in [1.82, 2.24) is 0 Å². The summed E-state index contributed by atoms with van der Waals surface area (Å²) >= 11 is 0. The summed E-state index contributed by atoms with van der Waals surface area (Å²) < 4.78 is 4.66. The van der Waals surface area contributed by atoms with Crippen LogP contribution in [-0.2, 0) is 23.9 Å². The minimum absolute atomic E-state index is 0.0977. The number of carbonyl (C=O) groups excluding carboxylic acids is 3. The fourth-order valence-electron chi connectivity index (χ4n) is 2.64. The van der Waals surface area contributed by atoms with Gasteiger partial charge in [0.05, 0.1) is 17.3 Å². The maximum atomic E-state index is 12.0. The molecule has 6 nitrogen and oxygen atoms in total. The summed E-state index contributed by atoms with van der Waals surface area (Å²) in [5.41, 5.74) is -2.21. The van der Waals surface area contributed by atoms with E-state index >= 15 is 0 Å². The molecule has 1 fully saturated rings. The molecule has 0 bridgehead atoms. The molecular formula is C15H22O6. The zero-order chi connectivity index (χ0) is 16.6. The second-order valence-corrected chi connectivity index (χ2v) is 6.54. The van der Waals surface area contributed by atoms with Crippen LogP contribution in [0, 0.1) is 22.7 Å². The molecule has 3 unspecified atom stereocenters. The molecule has 0 aromatic carbocycles. The first-order valence-corrected chi connectivity index (χ1v) is 6.97. The fourth-order valence-corrected chi connectivity index (χ4v) is 2.64. The molecule has 3 atom stereocenters. The van der Waals surface area contributed by atoms with E-state index < -0.39 is 40.6 Å². The third-order valence-corrected chi connectivity index (χ3v) is 4.75. The Hall–Kier alpha value is -1.72. The molecule has 0 spiro atoms. The largest absolute Gasteiger partial charge is 0.481 e. The number of carboxylic acid groups (broad SMARTS) is 1. The molecule has 0 aromatic heterocycles. The average molecular weight is 298 g/mol. The second-order valence-electron chi connectivity index (χ2n) is 6.54. The molecule has 21 heavy (non-hydrogen) atoms. The van der Waals surface area contributed by atoms with Crippen LogP contribution in [-0.4, -0.2) is 28.8 Å². The molecule has 1 heterocycles. The quantitative estimate of drug-likeness (QED) is 0.593. The predicted octanol–water partition coefficient (Wildman–Crippen LogP) is 1.81. The van der Waals surface area contributed by atoms with Crippen LogP contribution >= 0.6 is 0 Å². The Labute approximate surface area is 123 Å². The van der Waals surface area contributed by atoms with Crippen LogP contribution in [0.3, 0.4) is 0 Å². The molecule has 1 rings (SSSR count). The van der Waals surface area contributed by atoms with Gasteiger partial charge in [0.1, 0.15) is 5.78 Å². The molecular weight excluding hydrogens is 276 g/mol. The van der Waals surface area contributed by atoms with Gasteiger partial charge in [-0.15, -0.1) is 0 Å². The maximum Gasteiger partial charge on any atom is 0.318 e. The van der Waals surface area contributed by atoms with Crippen LogP contribution in [0.2, 0.25) is 0 Å². The van der Waals surface area contributed by atoms with Crippen molar-refractivity contribution in [3.63, 3.8) is 0 Å². The first kappa shape index (κ1) is 17.3. The number of esters is 2. The van der Waals surface area contributed by atoms with Crippen LogP contribution in [0.15, 0.2) is 0 Å². The van der Waals surface area contributed by atoms with E-state index in [-0.39, 0.29) is 18.6 Å². The van der Waals surface area contributed by atoms with Crippen molar-refractivity contribution in [1.29, 1.82) is 0 Å². The van der Waals surface area contributed by atoms with Gasteiger partial charge >= 0.3 is 17.9 Å². The number of carbonyl (C=O) groups is 4. The molecule has 0 radical (unpaired) electrons. The van der Waals surface area contributed by atoms with Crippen LogP contribution in [0.1, 0.15) is 47.5 Å². The monoisotopic (exact) mass is 298 g/mol. The standard InChI is InChI=1S/C15H22O6/c1-6-15(5,13(19)20)10-9(11(17)21-12(10)18)7-14(3,4)8(2)16/h9-10H,6-7H2,1-5H3,(H,19,20). The number of hydrogen-bond donors (Lipinski definition) is 1. The van der Waals surface area contributed by atoms with Gasteiger partial charge < -0.3 is 9.84 Å². The van der Waals surface area contributed by atoms with E-state index in [2.05, 4.69) is 4.74 Å². The zero-order valence-corrected chi connectivity index (χ0v) is 13.1. The van der Waals surface area contributed by atoms with Gasteiger partial charge in [-0.25, -0.2) is 0 Å². The summed E-state index contributed by atoms with van der Waals surface area (Å²) in [5, 5.41) is 9.44. The van der Waals surface area contributed by atoms with Gasteiger partial charge in [-0.3, -0.25) is 19.2 Å². The molecule has 1 aliphatic heterocycles. The van der Waals surface area contributed by atoms with Gasteiger partial charge in [0.25, 0.3) is 0 Å². The van der Waals surface area contributed by atoms with Crippen molar-refractivity contribution in [2.24, 2.45) is 22.7 Å². The van der Waals surface area contributed by atoms with Crippen LogP contribution in [0.5, 0.6) is 0 Å². The fraction of sp³-hybridized carbons (Fsp3) is 0.733. The highest BCUT2D eigenvalue weighted by molar-refractivity contribution is 6.00. The van der Waals surface area contributed by atoms with Crippen molar-refractivity contribution in [3.05, 3.63) is 0 Å². The van der Waals surface area contributed by atoms with Crippen molar-refractivity contribution in [2.75, 3.05) is 0 Å². The summed E-state index contributed by atoms with van der Waals surface area (Å²) in [4.78, 5) is 47.1. The number of ether oxygens (including phenoxy) is 1. The Kier molecular flexibility index (Phi) is 4.60. The number of rotatable bonds is 6. The predicted molar refractivity (Wildman–Crippen MR) is 73.2 cm³/mol. The summed E-state index contributed by atoms with van der Waals surface area (Å²) in [7, 11) is 0. The lowest BCUT2D eigenvalue weighted by Crippen LogP contribution is -2.43. The number of carboxylic acids is 1. The lowest BCUT2D eigenvalue weighted by atomic mass is 9.66. The normalized spacial score (nSPS) is 25.4. The molecule has 1 saturated heterocycles. The first-order chi connectivity index (χ1) is 9.47. The average Bonchev–Trinajstić information content (AvgIpc) is 2.62. The van der Waals surface area contributed by atoms with Crippen LogP contribution < -0.4 is 0 Å². The molecule has 1 aliphatic rings. The number of ketones is 1. The minimum Gasteiger partial charge on any atom is -0.481 e. The number of cyclic esters (lactones) is 2. The molecule has 1 N–H and O–H groups in total. The second kappa shape index (κ2) is 5.58. The maximum absolute atomic E-state index is 12.0. The lowest BCUT2D eigenvalue weighted by Gasteiger charge is -2.33. The Morgan fingerprint density at radius 2 is 1.71 bits per heavy atom. The smallest absolute Gasteiger partial charge is 0.318 e. The Morgan fingerprint density at radius 3 is 2.10 bits per heavy atom. The Morgan fingerprint density at radius 1 is 1.19 bits per heavy atom. The summed E-state index contributed by atoms with van der Waals surface area (Å²) in [6.45, 7) is 7.84. The van der Waals surface area contributed by atoms with Gasteiger partial charge in [-0.1, -0.05) is 20.8 Å². The molecule has 6 heteroatoms. The van der Waals surface area contributed by atoms with Crippen molar-refractivity contribution in [3.8, 4) is 0 Å². The Bertz CT molecular complexity index is 492. The van der Waals surface area contributed by atoms with Gasteiger partial charge in [0.2, 0.25) is 0 Å². The van der Waals surface area contributed by atoms with E-state index in [0.29, 0.717) is 0 Å². The molecule has 0 saturated carbocycles. The van der Waals surface area contributed by atoms with E-state index in [1.807, 2.05) is 0 Å². The molecule has 0 aliphatic carbocycles. The number of Topliss-reactive ketones (excluding diaryl/α,β-unsaturated/α-hetero) is 1. The van der Waals surface area contributed by atoms with Crippen LogP contribution in [0.4, 0.5) is 0 Å². The molecule has 0 amide bonds. The first-order valence-electron chi connectivity index (χ1n) is 6.97. The minimum atomic E-state index is -1.39. The van der Waals surface area contributed by atoms with E-state index in [1.54, 1.807) is 20.8 Å². The van der Waals surface area contributed by atoms with Gasteiger partial charge in [-0.2, -0.15) is 0 Å². The van der Waals surface area contributed by atoms with Crippen LogP contribution in [0.25, 0.3) is 0 Å². The third kappa shape index (κ3) is 2.99. The topological polar surface area (TPSA) is 97.7 Å². The summed E-state index contributed by atoms with van der Waals surface area (Å²) in [5.74, 6) is -4.78. The molecule has 118 valence electrons. The van der Waals surface area contributed by atoms with E-state index in [9.17, 15) is 24.3 Å². The van der Waals surface area contributed by atoms with Gasteiger partial charge in [-0.05, 0) is 26.7 Å². The van der Waals surface area contributed by atoms with E-state index in [4.69, 9.17) is 0 Å². The lowest BCUT2D eigenvalue weighted by molar-refractivity contribution is -0.161. The molecule has 0 aromatic rings. The highest BCUT2D eigenvalue weighted by atomic mass is 16.6. The van der Waals surface area contributed by atoms with E-state index in [1.165, 1.54) is 13.8 Å². The van der Waals surface area contributed by atoms with Gasteiger partial charge in [0, 0.05) is 5.41 Å². The SMILES string of the molecule is CCC(C)(C(=O)O)C1C(=O)OC(=O)C1CC(C)(C)C(C)=O. The number of hydrogen-bond acceptors (Lipinski definition) is 5. The Balaban J connectivity index is 3.22. The third-order valence-electron chi connectivity index (χ3n) is 4.75.